The molecular weight excluding hydrogens is 599 g/mol. The van der Waals surface area contributed by atoms with E-state index in [1.807, 2.05) is 0 Å². The minimum atomic E-state index is -1.26. The Morgan fingerprint density at radius 2 is 0.875 bits per heavy atom. The lowest BCUT2D eigenvalue weighted by Crippen LogP contribution is -2.10. The van der Waals surface area contributed by atoms with Crippen LogP contribution in [0.4, 0.5) is 17.1 Å². The Bertz CT molecular complexity index is 4060. The molecule has 0 fully saturated rings. The van der Waals surface area contributed by atoms with E-state index in [0.717, 1.165) is 0 Å². The Labute approximate surface area is 328 Å². The topological polar surface area (TPSA) is 3.24 Å². The third-order valence-electron chi connectivity index (χ3n) is 7.06. The van der Waals surface area contributed by atoms with Crippen molar-refractivity contribution >= 4 is 59.3 Å². The van der Waals surface area contributed by atoms with E-state index in [2.05, 4.69) is 0 Å². The molecule has 0 radical (unpaired) electrons. The molecule has 0 saturated heterocycles. The first-order chi connectivity index (χ1) is 36.7. The zero-order chi connectivity index (χ0) is 58.8. The van der Waals surface area contributed by atoms with E-state index in [9.17, 15) is 17.8 Å². The molecule has 0 spiro atoms. The molecule has 0 unspecified atom stereocenters. The molecule has 0 aliphatic rings. The third-order valence-corrected chi connectivity index (χ3v) is 8.18. The molecule has 1 aromatic heterocycles. The third kappa shape index (κ3) is 4.95. The van der Waals surface area contributed by atoms with Crippen molar-refractivity contribution in [2.75, 3.05) is 4.90 Å². The Balaban J connectivity index is 1.59. The summed E-state index contributed by atoms with van der Waals surface area (Å²) in [5, 5.41) is -2.29. The predicted octanol–water partition coefficient (Wildman–Crippen LogP) is 13.7. The molecule has 0 saturated carbocycles. The van der Waals surface area contributed by atoms with Crippen LogP contribution in [0.15, 0.2) is 187 Å². The van der Waals surface area contributed by atoms with Crippen molar-refractivity contribution in [1.82, 2.24) is 0 Å². The first kappa shape index (κ1) is 10.8. The van der Waals surface area contributed by atoms with Gasteiger partial charge in [0, 0.05) is 36.9 Å². The molecule has 9 rings (SSSR count). The zero-order valence-electron chi connectivity index (χ0n) is 54.9. The van der Waals surface area contributed by atoms with Crippen LogP contribution in [-0.2, 0) is 0 Å². The number of anilines is 3. The Morgan fingerprint density at radius 1 is 0.396 bits per heavy atom. The Hall–Kier alpha value is -5.96. The largest absolute Gasteiger partial charge is 0.310 e. The molecule has 0 bridgehead atoms. The van der Waals surface area contributed by atoms with Crippen LogP contribution in [-0.4, -0.2) is 0 Å². The van der Waals surface area contributed by atoms with Gasteiger partial charge in [-0.15, -0.1) is 11.3 Å². The molecule has 9 aromatic rings. The van der Waals surface area contributed by atoms with Gasteiger partial charge in [0.05, 0.1) is 48.2 Å². The second-order valence-corrected chi connectivity index (χ2v) is 10.8. The Kier molecular flexibility index (Phi) is 2.70. The van der Waals surface area contributed by atoms with Crippen LogP contribution in [0.5, 0.6) is 0 Å². The van der Waals surface area contributed by atoms with Crippen LogP contribution < -0.4 is 4.90 Å². The maximum absolute atomic E-state index is 10.0. The lowest BCUT2D eigenvalue weighted by molar-refractivity contribution is 1.30. The van der Waals surface area contributed by atoms with E-state index in [-0.39, 0.29) is 4.70 Å². The smallest absolute Gasteiger partial charge is 0.0645 e. The van der Waals surface area contributed by atoms with Gasteiger partial charge in [-0.2, -0.15) is 0 Å². The van der Waals surface area contributed by atoms with Crippen molar-refractivity contribution in [2.45, 2.75) is 0 Å². The number of rotatable bonds is 6. The summed E-state index contributed by atoms with van der Waals surface area (Å²) in [4.78, 5) is 0.432. The van der Waals surface area contributed by atoms with Gasteiger partial charge in [-0.1, -0.05) is 145 Å². The average Bonchev–Trinajstić information content (AvgIpc) is 3.28. The van der Waals surface area contributed by atoms with Crippen LogP contribution in [0.2, 0.25) is 0 Å². The lowest BCUT2D eigenvalue weighted by atomic mass is 9.95. The van der Waals surface area contributed by atoms with Crippen LogP contribution >= 0.6 is 11.3 Å². The van der Waals surface area contributed by atoms with E-state index in [1.165, 1.54) is 0 Å². The molecule has 0 aliphatic heterocycles. The highest BCUT2D eigenvalue weighted by Crippen LogP contribution is 2.48. The van der Waals surface area contributed by atoms with Crippen molar-refractivity contribution in [2.24, 2.45) is 0 Å². The normalized spacial score (nSPS) is 20.4. The monoisotopic (exact) mass is 660 g/mol. The zero-order valence-corrected chi connectivity index (χ0v) is 24.7. The second-order valence-electron chi connectivity index (χ2n) is 9.77. The summed E-state index contributed by atoms with van der Waals surface area (Å²) in [5.74, 6) is 0. The summed E-state index contributed by atoms with van der Waals surface area (Å²) >= 11 is 0.474. The summed E-state index contributed by atoms with van der Waals surface area (Å²) in [6.45, 7) is 0. The molecule has 226 valence electrons. The highest BCUT2D eigenvalue weighted by molar-refractivity contribution is 7.26. The van der Waals surface area contributed by atoms with Crippen molar-refractivity contribution in [1.29, 1.82) is 0 Å². The van der Waals surface area contributed by atoms with Gasteiger partial charge in [0.15, 0.2) is 0 Å². The van der Waals surface area contributed by atoms with Gasteiger partial charge in [-0.3, -0.25) is 0 Å². The molecule has 48 heavy (non-hydrogen) atoms. The molecule has 0 aliphatic carbocycles. The van der Waals surface area contributed by atoms with Crippen molar-refractivity contribution in [3.8, 4) is 33.4 Å². The number of fused-ring (bicyclic) bond motifs is 5. The number of nitrogens with zero attached hydrogens (tertiary/aromatic N) is 1. The van der Waals surface area contributed by atoms with Gasteiger partial charge in [-0.05, 0) is 81.1 Å². The summed E-state index contributed by atoms with van der Waals surface area (Å²) in [5.41, 5.74) is -8.18. The van der Waals surface area contributed by atoms with E-state index in [0.29, 0.717) is 16.2 Å². The molecule has 8 aromatic carbocycles. The van der Waals surface area contributed by atoms with Crippen LogP contribution in [0.3, 0.4) is 0 Å². The van der Waals surface area contributed by atoms with Gasteiger partial charge in [-0.25, -0.2) is 0 Å². The maximum atomic E-state index is 10.0. The molecule has 1 nitrogen and oxygen atoms in total. The highest BCUT2D eigenvalue weighted by Gasteiger charge is 2.21. The fourth-order valence-electron chi connectivity index (χ4n) is 5.01. The van der Waals surface area contributed by atoms with Crippen molar-refractivity contribution in [3.63, 3.8) is 0 Å². The SMILES string of the molecule is [2H]c1c([2H])c([2H])c(-c2c([2H])c([2H])c(N(c3c([2H])c([2H])c(-c4c([2H])c([2H])c([2H])c([2H])c4[2H])c([2H])c3[2H])c3c([2H])c([2H])c([2H])c4sc5c6c([2H])c([2H])c([2H])c([2H])c6c(-c6c([2H])c([2H])c([2H])c([2H])c6[2H])c([2H])c5c34)c([2H])c2[2H])c([2H])c1[2H]. The van der Waals surface area contributed by atoms with Gasteiger partial charge in [0.1, 0.15) is 0 Å². The van der Waals surface area contributed by atoms with Crippen molar-refractivity contribution < 1.29 is 42.5 Å². The standard InChI is InChI=1S/C46H31NS/c1-4-13-32(14-5-1)34-23-27-37(28-24-34)47(38-29-25-35(26-30-38)33-15-6-2-7-16-33)43-21-12-22-44-45(43)42-31-41(36-17-8-3-9-18-36)39-19-10-11-20-40(39)46(42)48-44/h1-31H/i1D,2D,3D,4D,5D,6D,7D,8D,9D,10D,11D,12D,13D,14D,15D,16D,17D,18D,19D,20D,21D,22D,23D,24D,25D,26D,27D,28D,29D,30D,31D. The highest BCUT2D eigenvalue weighted by atomic mass is 32.1. The summed E-state index contributed by atoms with van der Waals surface area (Å²) < 4.78 is 276. The minimum absolute atomic E-state index is 0.343. The van der Waals surface area contributed by atoms with Crippen LogP contribution in [0, 0.1) is 0 Å². The van der Waals surface area contributed by atoms with Gasteiger partial charge in [0.2, 0.25) is 0 Å². The van der Waals surface area contributed by atoms with Gasteiger partial charge >= 0.3 is 0 Å². The Morgan fingerprint density at radius 3 is 1.44 bits per heavy atom. The predicted molar refractivity (Wildman–Crippen MR) is 208 cm³/mol. The summed E-state index contributed by atoms with van der Waals surface area (Å²) in [6.07, 6.45) is 0. The average molecular weight is 661 g/mol. The fourth-order valence-corrected chi connectivity index (χ4v) is 6.13. The number of thiophene rings is 1. The minimum Gasteiger partial charge on any atom is -0.310 e. The first-order valence-corrected chi connectivity index (χ1v) is 14.6. The van der Waals surface area contributed by atoms with E-state index in [4.69, 9.17) is 24.7 Å². The summed E-state index contributed by atoms with van der Waals surface area (Å²) in [7, 11) is 0. The molecular formula is C46H31NS. The first-order valence-electron chi connectivity index (χ1n) is 29.3. The molecule has 0 N–H and O–H groups in total. The molecule has 1 heterocycles. The molecule has 2 heteroatoms. The molecule has 0 amide bonds. The fraction of sp³-hybridized carbons (Fsp3) is 0. The van der Waals surface area contributed by atoms with E-state index >= 15 is 0 Å². The van der Waals surface area contributed by atoms with E-state index in [1.54, 1.807) is 0 Å². The van der Waals surface area contributed by atoms with Gasteiger partial charge < -0.3 is 4.90 Å². The van der Waals surface area contributed by atoms with Crippen molar-refractivity contribution in [3.05, 3.63) is 187 Å². The molecule has 0 atom stereocenters. The van der Waals surface area contributed by atoms with Crippen LogP contribution in [0.25, 0.3) is 64.3 Å². The lowest BCUT2D eigenvalue weighted by Gasteiger charge is -2.27. The second kappa shape index (κ2) is 12.0. The number of hydrogen-bond acceptors (Lipinski definition) is 2. The quantitative estimate of drug-likeness (QED) is 0.172. The number of hydrogen-bond donors (Lipinski definition) is 0. The summed E-state index contributed by atoms with van der Waals surface area (Å²) in [6, 6.07) is -31.4. The van der Waals surface area contributed by atoms with E-state index < -0.39 is 264 Å². The van der Waals surface area contributed by atoms with Gasteiger partial charge in [0.25, 0.3) is 0 Å². The van der Waals surface area contributed by atoms with Crippen LogP contribution in [0.1, 0.15) is 42.5 Å². The maximum Gasteiger partial charge on any atom is 0.0645 e. The number of benzene rings is 8.